The highest BCUT2D eigenvalue weighted by atomic mass is 35.5. The van der Waals surface area contributed by atoms with Crippen LogP contribution in [0.15, 0.2) is 61.2 Å². The summed E-state index contributed by atoms with van der Waals surface area (Å²) in [5.74, 6) is 0. The minimum atomic E-state index is -0.287. The lowest BCUT2D eigenvalue weighted by Crippen LogP contribution is -2.28. The normalized spacial score (nSPS) is 10.4. The van der Waals surface area contributed by atoms with Gasteiger partial charge in [0, 0.05) is 30.2 Å². The maximum absolute atomic E-state index is 11.9. The third-order valence-corrected chi connectivity index (χ3v) is 3.58. The molecule has 122 valence electrons. The van der Waals surface area contributed by atoms with Crippen LogP contribution in [0, 0.1) is 0 Å². The lowest BCUT2D eigenvalue weighted by Gasteiger charge is -2.05. The molecular formula is C17H16ClN5O. The number of carbonyl (C=O) groups is 1. The Labute approximate surface area is 144 Å². The van der Waals surface area contributed by atoms with Crippen molar-refractivity contribution >= 4 is 23.3 Å². The quantitative estimate of drug-likeness (QED) is 0.748. The van der Waals surface area contributed by atoms with Gasteiger partial charge in [-0.1, -0.05) is 29.8 Å². The predicted molar refractivity (Wildman–Crippen MR) is 92.9 cm³/mol. The Morgan fingerprint density at radius 1 is 1.12 bits per heavy atom. The number of carbonyl (C=O) groups excluding carboxylic acids is 1. The molecule has 0 aliphatic carbocycles. The topological polar surface area (TPSA) is 71.8 Å². The lowest BCUT2D eigenvalue weighted by molar-refractivity contribution is 0.251. The van der Waals surface area contributed by atoms with E-state index in [1.165, 1.54) is 0 Å². The highest BCUT2D eigenvalue weighted by Crippen LogP contribution is 2.12. The van der Waals surface area contributed by atoms with Crippen LogP contribution in [0.4, 0.5) is 10.5 Å². The zero-order chi connectivity index (χ0) is 16.8. The number of hydrogen-bond donors (Lipinski definition) is 2. The van der Waals surface area contributed by atoms with Crippen LogP contribution < -0.4 is 10.6 Å². The lowest BCUT2D eigenvalue weighted by atomic mass is 10.2. The molecule has 0 fully saturated rings. The first-order chi connectivity index (χ1) is 11.7. The van der Waals surface area contributed by atoms with E-state index in [9.17, 15) is 4.79 Å². The summed E-state index contributed by atoms with van der Waals surface area (Å²) >= 11 is 5.87. The molecule has 24 heavy (non-hydrogen) atoms. The molecule has 0 atom stereocenters. The molecule has 2 aromatic heterocycles. The fourth-order valence-corrected chi connectivity index (χ4v) is 2.28. The van der Waals surface area contributed by atoms with Crippen molar-refractivity contribution in [1.82, 2.24) is 20.1 Å². The van der Waals surface area contributed by atoms with E-state index in [-0.39, 0.29) is 6.03 Å². The molecule has 0 unspecified atom stereocenters. The van der Waals surface area contributed by atoms with E-state index in [1.54, 1.807) is 29.5 Å². The van der Waals surface area contributed by atoms with Gasteiger partial charge in [0.2, 0.25) is 0 Å². The molecule has 2 N–H and O–H groups in total. The van der Waals surface area contributed by atoms with Gasteiger partial charge in [-0.3, -0.25) is 9.67 Å². The zero-order valence-electron chi connectivity index (χ0n) is 12.8. The Morgan fingerprint density at radius 3 is 2.71 bits per heavy atom. The number of anilines is 1. The molecule has 0 radical (unpaired) electrons. The van der Waals surface area contributed by atoms with Gasteiger partial charge in [0.1, 0.15) is 0 Å². The number of halogens is 1. The molecule has 2 heterocycles. The number of urea groups is 1. The van der Waals surface area contributed by atoms with Crippen molar-refractivity contribution in [3.63, 3.8) is 0 Å². The van der Waals surface area contributed by atoms with Crippen molar-refractivity contribution < 1.29 is 4.79 Å². The van der Waals surface area contributed by atoms with E-state index >= 15 is 0 Å². The predicted octanol–water partition coefficient (Wildman–Crippen LogP) is 3.30. The van der Waals surface area contributed by atoms with Gasteiger partial charge >= 0.3 is 6.03 Å². The van der Waals surface area contributed by atoms with Gasteiger partial charge < -0.3 is 10.6 Å². The molecule has 3 aromatic rings. The summed E-state index contributed by atoms with van der Waals surface area (Å²) in [6, 6.07) is 11.0. The first-order valence-corrected chi connectivity index (χ1v) is 7.77. The van der Waals surface area contributed by atoms with E-state index in [4.69, 9.17) is 11.6 Å². The van der Waals surface area contributed by atoms with Crippen LogP contribution in [0.5, 0.6) is 0 Å². The molecule has 0 aliphatic rings. The smallest absolute Gasteiger partial charge is 0.319 e. The van der Waals surface area contributed by atoms with Crippen LogP contribution in [0.2, 0.25) is 5.02 Å². The van der Waals surface area contributed by atoms with Gasteiger partial charge in [-0.25, -0.2) is 4.79 Å². The molecular weight excluding hydrogens is 326 g/mol. The van der Waals surface area contributed by atoms with Gasteiger partial charge in [-0.15, -0.1) is 0 Å². The maximum Gasteiger partial charge on any atom is 0.319 e. The maximum atomic E-state index is 11.9. The van der Waals surface area contributed by atoms with E-state index in [2.05, 4.69) is 20.7 Å². The van der Waals surface area contributed by atoms with Crippen molar-refractivity contribution in [1.29, 1.82) is 0 Å². The van der Waals surface area contributed by atoms with Crippen molar-refractivity contribution in [2.45, 2.75) is 13.1 Å². The second kappa shape index (κ2) is 7.61. The molecule has 6 nitrogen and oxygen atoms in total. The Bertz CT molecular complexity index is 801. The average molecular weight is 342 g/mol. The highest BCUT2D eigenvalue weighted by Gasteiger charge is 2.05. The van der Waals surface area contributed by atoms with Crippen LogP contribution >= 0.6 is 11.6 Å². The van der Waals surface area contributed by atoms with Gasteiger partial charge in [-0.05, 0) is 29.3 Å². The van der Waals surface area contributed by atoms with Crippen molar-refractivity contribution in [2.75, 3.05) is 5.32 Å². The second-order valence-corrected chi connectivity index (χ2v) is 5.66. The third kappa shape index (κ3) is 4.57. The van der Waals surface area contributed by atoms with Crippen molar-refractivity contribution in [3.05, 3.63) is 77.3 Å². The largest absolute Gasteiger partial charge is 0.334 e. The van der Waals surface area contributed by atoms with Gasteiger partial charge in [0.25, 0.3) is 0 Å². The second-order valence-electron chi connectivity index (χ2n) is 5.22. The standard InChI is InChI=1S/C17H16ClN5O/c18-15-5-3-13(4-6-15)11-23-12-16(10-21-23)22-17(24)20-9-14-2-1-7-19-8-14/h1-8,10,12H,9,11H2,(H2,20,22,24). The Hall–Kier alpha value is -2.86. The average Bonchev–Trinajstić information content (AvgIpc) is 3.03. The molecule has 0 spiro atoms. The number of pyridine rings is 1. The summed E-state index contributed by atoms with van der Waals surface area (Å²) < 4.78 is 1.75. The zero-order valence-corrected chi connectivity index (χ0v) is 13.6. The fourth-order valence-electron chi connectivity index (χ4n) is 2.15. The van der Waals surface area contributed by atoms with Gasteiger partial charge in [0.05, 0.1) is 18.4 Å². The van der Waals surface area contributed by atoms with Crippen LogP contribution in [-0.4, -0.2) is 20.8 Å². The molecule has 0 aliphatic heterocycles. The number of aromatic nitrogens is 3. The van der Waals surface area contributed by atoms with Crippen LogP contribution in [-0.2, 0) is 13.1 Å². The van der Waals surface area contributed by atoms with Gasteiger partial charge in [0.15, 0.2) is 0 Å². The highest BCUT2D eigenvalue weighted by molar-refractivity contribution is 6.30. The van der Waals surface area contributed by atoms with Gasteiger partial charge in [-0.2, -0.15) is 5.10 Å². The van der Waals surface area contributed by atoms with E-state index in [0.717, 1.165) is 11.1 Å². The summed E-state index contributed by atoms with van der Waals surface area (Å²) in [5.41, 5.74) is 2.65. The van der Waals surface area contributed by atoms with Crippen LogP contribution in [0.25, 0.3) is 0 Å². The summed E-state index contributed by atoms with van der Waals surface area (Å²) in [4.78, 5) is 15.9. The molecule has 0 saturated carbocycles. The summed E-state index contributed by atoms with van der Waals surface area (Å²) in [6.07, 6.45) is 6.79. The Kier molecular flexibility index (Phi) is 5.08. The molecule has 2 amide bonds. The number of amides is 2. The Morgan fingerprint density at radius 2 is 1.96 bits per heavy atom. The minimum Gasteiger partial charge on any atom is -0.334 e. The summed E-state index contributed by atoms with van der Waals surface area (Å²) in [5, 5.41) is 10.5. The minimum absolute atomic E-state index is 0.287. The summed E-state index contributed by atoms with van der Waals surface area (Å²) in [6.45, 7) is 1.02. The molecule has 3 rings (SSSR count). The number of nitrogens with one attached hydrogen (secondary N) is 2. The molecule has 0 bridgehead atoms. The number of nitrogens with zero attached hydrogens (tertiary/aromatic N) is 3. The first-order valence-electron chi connectivity index (χ1n) is 7.40. The number of benzene rings is 1. The SMILES string of the molecule is O=C(NCc1cccnc1)Nc1cnn(Cc2ccc(Cl)cc2)c1. The van der Waals surface area contributed by atoms with E-state index in [0.29, 0.717) is 23.8 Å². The number of hydrogen-bond acceptors (Lipinski definition) is 3. The van der Waals surface area contributed by atoms with Crippen molar-refractivity contribution in [2.24, 2.45) is 0 Å². The first kappa shape index (κ1) is 16.0. The van der Waals surface area contributed by atoms with E-state index in [1.807, 2.05) is 36.4 Å². The molecule has 0 saturated heterocycles. The van der Waals surface area contributed by atoms with Crippen LogP contribution in [0.3, 0.4) is 0 Å². The third-order valence-electron chi connectivity index (χ3n) is 3.32. The Balaban J connectivity index is 1.51. The van der Waals surface area contributed by atoms with Crippen molar-refractivity contribution in [3.8, 4) is 0 Å². The molecule has 1 aromatic carbocycles. The number of rotatable bonds is 5. The fraction of sp³-hybridized carbons (Fsp3) is 0.118. The monoisotopic (exact) mass is 341 g/mol. The van der Waals surface area contributed by atoms with Crippen LogP contribution in [0.1, 0.15) is 11.1 Å². The van der Waals surface area contributed by atoms with E-state index < -0.39 is 0 Å². The summed E-state index contributed by atoms with van der Waals surface area (Å²) in [7, 11) is 0. The molecule has 7 heteroatoms.